The van der Waals surface area contributed by atoms with Crippen molar-refractivity contribution in [2.75, 3.05) is 11.1 Å². The van der Waals surface area contributed by atoms with Gasteiger partial charge in [-0.05, 0) is 62.4 Å². The summed E-state index contributed by atoms with van der Waals surface area (Å²) >= 11 is 5.73. The Bertz CT molecular complexity index is 890. The van der Waals surface area contributed by atoms with Gasteiger partial charge in [0.2, 0.25) is 5.91 Å². The van der Waals surface area contributed by atoms with Crippen molar-refractivity contribution in [3.8, 4) is 0 Å². The van der Waals surface area contributed by atoms with Crippen LogP contribution in [0, 0.1) is 0 Å². The average Bonchev–Trinajstić information content (AvgIpc) is 2.54. The summed E-state index contributed by atoms with van der Waals surface area (Å²) in [5.41, 5.74) is 0.716. The third-order valence-corrected chi connectivity index (χ3v) is 5.13. The van der Waals surface area contributed by atoms with E-state index >= 15 is 0 Å². The second-order valence-electron chi connectivity index (χ2n) is 5.79. The predicted octanol–water partition coefficient (Wildman–Crippen LogP) is 3.32. The predicted molar refractivity (Wildman–Crippen MR) is 99.1 cm³/mol. The fourth-order valence-corrected chi connectivity index (χ4v) is 3.33. The lowest BCUT2D eigenvalue weighted by atomic mass is 10.2. The fourth-order valence-electron chi connectivity index (χ4n) is 2.07. The minimum atomic E-state index is -3.78. The number of carbonyl (C=O) groups excluding carboxylic acids is 2. The summed E-state index contributed by atoms with van der Waals surface area (Å²) in [5, 5.41) is 2.90. The van der Waals surface area contributed by atoms with E-state index in [4.69, 9.17) is 16.3 Å². The maximum absolute atomic E-state index is 12.2. The Hall–Kier alpha value is -2.38. The first-order valence-corrected chi connectivity index (χ1v) is 9.79. The lowest BCUT2D eigenvalue weighted by Crippen LogP contribution is -2.23. The molecule has 0 aromatic heterocycles. The smallest absolute Gasteiger partial charge is 0.338 e. The van der Waals surface area contributed by atoms with Crippen molar-refractivity contribution < 1.29 is 22.7 Å². The lowest BCUT2D eigenvalue weighted by molar-refractivity contribution is -0.113. The molecule has 1 amide bonds. The van der Waals surface area contributed by atoms with Crippen LogP contribution in [0.2, 0.25) is 5.02 Å². The number of anilines is 1. The molecule has 0 aliphatic heterocycles. The molecule has 0 saturated heterocycles. The van der Waals surface area contributed by atoms with Gasteiger partial charge in [0.1, 0.15) is 5.75 Å². The van der Waals surface area contributed by atoms with Gasteiger partial charge in [0.15, 0.2) is 9.84 Å². The Labute approximate surface area is 157 Å². The fraction of sp³-hybridized carbons (Fsp3) is 0.222. The second-order valence-corrected chi connectivity index (χ2v) is 8.22. The first-order valence-electron chi connectivity index (χ1n) is 7.76. The summed E-state index contributed by atoms with van der Waals surface area (Å²) in [4.78, 5) is 23.8. The highest BCUT2D eigenvalue weighted by Crippen LogP contribution is 2.16. The van der Waals surface area contributed by atoms with E-state index in [1.165, 1.54) is 48.5 Å². The Balaban J connectivity index is 2.01. The summed E-state index contributed by atoms with van der Waals surface area (Å²) in [6.45, 7) is 3.49. The monoisotopic (exact) mass is 395 g/mol. The first kappa shape index (κ1) is 19.9. The summed E-state index contributed by atoms with van der Waals surface area (Å²) in [6.07, 6.45) is -0.236. The number of ether oxygens (including phenoxy) is 1. The van der Waals surface area contributed by atoms with Gasteiger partial charge in [0, 0.05) is 10.7 Å². The van der Waals surface area contributed by atoms with E-state index in [0.29, 0.717) is 16.3 Å². The van der Waals surface area contributed by atoms with E-state index in [-0.39, 0.29) is 11.0 Å². The Morgan fingerprint density at radius 2 is 1.62 bits per heavy atom. The molecular formula is C18H18ClNO5S. The largest absolute Gasteiger partial charge is 0.459 e. The number of amides is 1. The van der Waals surface area contributed by atoms with E-state index in [0.717, 1.165) is 0 Å². The summed E-state index contributed by atoms with van der Waals surface area (Å²) in [6, 6.07) is 11.6. The van der Waals surface area contributed by atoms with Crippen LogP contribution in [0.25, 0.3) is 0 Å². The highest BCUT2D eigenvalue weighted by molar-refractivity contribution is 7.92. The molecule has 0 fully saturated rings. The number of benzene rings is 2. The maximum Gasteiger partial charge on any atom is 0.338 e. The molecule has 26 heavy (non-hydrogen) atoms. The van der Waals surface area contributed by atoms with E-state index in [9.17, 15) is 18.0 Å². The number of rotatable bonds is 6. The van der Waals surface area contributed by atoms with E-state index in [1.807, 2.05) is 0 Å². The van der Waals surface area contributed by atoms with Crippen LogP contribution in [0.1, 0.15) is 24.2 Å². The first-order chi connectivity index (χ1) is 12.2. The minimum Gasteiger partial charge on any atom is -0.459 e. The number of halogens is 1. The zero-order valence-corrected chi connectivity index (χ0v) is 15.8. The van der Waals surface area contributed by atoms with Crippen molar-refractivity contribution >= 4 is 39.0 Å². The van der Waals surface area contributed by atoms with E-state index in [2.05, 4.69) is 5.32 Å². The summed E-state index contributed by atoms with van der Waals surface area (Å²) in [5.74, 6) is -1.85. The van der Waals surface area contributed by atoms with Crippen LogP contribution in [0.15, 0.2) is 53.4 Å². The van der Waals surface area contributed by atoms with Crippen LogP contribution in [-0.2, 0) is 19.4 Å². The van der Waals surface area contributed by atoms with Crippen molar-refractivity contribution in [3.63, 3.8) is 0 Å². The molecule has 1 N–H and O–H groups in total. The molecule has 0 aliphatic rings. The van der Waals surface area contributed by atoms with Gasteiger partial charge in [-0.2, -0.15) is 0 Å². The second kappa shape index (κ2) is 8.33. The summed E-state index contributed by atoms with van der Waals surface area (Å²) in [7, 11) is -3.78. The minimum absolute atomic E-state index is 0.0174. The van der Waals surface area contributed by atoms with Gasteiger partial charge in [-0.1, -0.05) is 11.6 Å². The highest BCUT2D eigenvalue weighted by Gasteiger charge is 2.19. The molecule has 0 saturated carbocycles. The molecule has 6 nitrogen and oxygen atoms in total. The third kappa shape index (κ3) is 5.57. The normalized spacial score (nSPS) is 11.2. The van der Waals surface area contributed by atoms with Crippen molar-refractivity contribution in [1.82, 2.24) is 0 Å². The Morgan fingerprint density at radius 3 is 2.15 bits per heavy atom. The quantitative estimate of drug-likeness (QED) is 0.758. The highest BCUT2D eigenvalue weighted by atomic mass is 35.5. The molecule has 0 radical (unpaired) electrons. The standard InChI is InChI=1S/C18H18ClNO5S/c1-12(2)25-18(22)13-3-7-15(8-4-13)20-17(21)11-26(23,24)16-9-5-14(19)6-10-16/h3-10,12H,11H2,1-2H3,(H,20,21). The molecule has 138 valence electrons. The van der Waals surface area contributed by atoms with Gasteiger partial charge in [0.05, 0.1) is 16.6 Å². The molecule has 2 rings (SSSR count). The van der Waals surface area contributed by atoms with Gasteiger partial charge in [-0.15, -0.1) is 0 Å². The van der Waals surface area contributed by atoms with Crippen LogP contribution in [0.5, 0.6) is 0 Å². The molecule has 0 atom stereocenters. The van der Waals surface area contributed by atoms with Gasteiger partial charge in [-0.3, -0.25) is 4.79 Å². The number of esters is 1. The van der Waals surface area contributed by atoms with Crippen LogP contribution in [0.4, 0.5) is 5.69 Å². The number of carbonyl (C=O) groups is 2. The lowest BCUT2D eigenvalue weighted by Gasteiger charge is -2.09. The SMILES string of the molecule is CC(C)OC(=O)c1ccc(NC(=O)CS(=O)(=O)c2ccc(Cl)cc2)cc1. The molecule has 0 spiro atoms. The number of nitrogens with one attached hydrogen (secondary N) is 1. The maximum atomic E-state index is 12.2. The molecule has 0 aliphatic carbocycles. The molecular weight excluding hydrogens is 378 g/mol. The third-order valence-electron chi connectivity index (χ3n) is 3.24. The van der Waals surface area contributed by atoms with Crippen molar-refractivity contribution in [2.24, 2.45) is 0 Å². The van der Waals surface area contributed by atoms with Crippen molar-refractivity contribution in [2.45, 2.75) is 24.8 Å². The van der Waals surface area contributed by atoms with Gasteiger partial charge in [0.25, 0.3) is 0 Å². The van der Waals surface area contributed by atoms with Gasteiger partial charge < -0.3 is 10.1 Å². The molecule has 0 unspecified atom stereocenters. The zero-order valence-electron chi connectivity index (χ0n) is 14.2. The molecule has 0 bridgehead atoms. The van der Waals surface area contributed by atoms with Crippen molar-refractivity contribution in [3.05, 3.63) is 59.1 Å². The van der Waals surface area contributed by atoms with Crippen molar-refractivity contribution in [1.29, 1.82) is 0 Å². The van der Waals surface area contributed by atoms with Gasteiger partial charge >= 0.3 is 5.97 Å². The molecule has 8 heteroatoms. The van der Waals surface area contributed by atoms with Gasteiger partial charge in [-0.25, -0.2) is 13.2 Å². The molecule has 2 aromatic rings. The summed E-state index contributed by atoms with van der Waals surface area (Å²) < 4.78 is 29.5. The van der Waals surface area contributed by atoms with Crippen LogP contribution in [-0.4, -0.2) is 32.2 Å². The van der Waals surface area contributed by atoms with Crippen LogP contribution < -0.4 is 5.32 Å². The molecule has 0 heterocycles. The number of sulfone groups is 1. The zero-order chi connectivity index (χ0) is 19.3. The average molecular weight is 396 g/mol. The molecule has 2 aromatic carbocycles. The Morgan fingerprint density at radius 1 is 1.04 bits per heavy atom. The van der Waals surface area contributed by atoms with Crippen LogP contribution >= 0.6 is 11.6 Å². The van der Waals surface area contributed by atoms with E-state index in [1.54, 1.807) is 13.8 Å². The number of hydrogen-bond acceptors (Lipinski definition) is 5. The van der Waals surface area contributed by atoms with Crippen LogP contribution in [0.3, 0.4) is 0 Å². The topological polar surface area (TPSA) is 89.5 Å². The van der Waals surface area contributed by atoms with E-state index < -0.39 is 27.5 Å². The number of hydrogen-bond donors (Lipinski definition) is 1. The Kier molecular flexibility index (Phi) is 6.39.